The van der Waals surface area contributed by atoms with Crippen LogP contribution in [0.2, 0.25) is 0 Å². The van der Waals surface area contributed by atoms with E-state index in [9.17, 15) is 0 Å². The Morgan fingerprint density at radius 2 is 2.20 bits per heavy atom. The maximum Gasteiger partial charge on any atom is 0.125 e. The molecule has 0 spiro atoms. The van der Waals surface area contributed by atoms with E-state index in [-0.39, 0.29) is 0 Å². The van der Waals surface area contributed by atoms with Gasteiger partial charge >= 0.3 is 0 Å². The molecule has 0 saturated heterocycles. The zero-order chi connectivity index (χ0) is 14.1. The van der Waals surface area contributed by atoms with Crippen molar-refractivity contribution in [3.63, 3.8) is 0 Å². The van der Waals surface area contributed by atoms with Gasteiger partial charge in [0.2, 0.25) is 0 Å². The molecule has 0 fully saturated rings. The number of aryl methyl sites for hydroxylation is 1. The van der Waals surface area contributed by atoms with E-state index in [1.807, 2.05) is 18.2 Å². The summed E-state index contributed by atoms with van der Waals surface area (Å²) in [5, 5.41) is 2.12. The highest BCUT2D eigenvalue weighted by Gasteiger charge is 2.12. The third-order valence-corrected chi connectivity index (χ3v) is 4.67. The summed E-state index contributed by atoms with van der Waals surface area (Å²) in [6.07, 6.45) is 0. The first-order valence-electron chi connectivity index (χ1n) is 6.35. The summed E-state index contributed by atoms with van der Waals surface area (Å²) in [7, 11) is 1.66. The fraction of sp³-hybridized carbons (Fsp3) is 0.267. The minimum atomic E-state index is 0.404. The Morgan fingerprint density at radius 3 is 2.85 bits per heavy atom. The predicted molar refractivity (Wildman–Crippen MR) is 84.0 cm³/mol. The molecule has 0 bridgehead atoms. The van der Waals surface area contributed by atoms with Gasteiger partial charge in [0.15, 0.2) is 0 Å². The topological polar surface area (TPSA) is 27.1 Å². The molecule has 0 amide bonds. The third-order valence-electron chi connectivity index (χ3n) is 3.42. The molecule has 5 heteroatoms. The van der Waals surface area contributed by atoms with Gasteiger partial charge in [0.1, 0.15) is 11.6 Å². The summed E-state index contributed by atoms with van der Waals surface area (Å²) >= 11 is 7.81. The van der Waals surface area contributed by atoms with E-state index in [1.165, 1.54) is 10.4 Å². The lowest BCUT2D eigenvalue weighted by molar-refractivity contribution is 0.415. The van der Waals surface area contributed by atoms with Crippen LogP contribution in [0.1, 0.15) is 16.3 Å². The fourth-order valence-electron chi connectivity index (χ4n) is 2.27. The zero-order valence-electron chi connectivity index (χ0n) is 11.4. The van der Waals surface area contributed by atoms with E-state index in [2.05, 4.69) is 27.9 Å². The maximum absolute atomic E-state index is 6.05. The van der Waals surface area contributed by atoms with Gasteiger partial charge in [-0.1, -0.05) is 0 Å². The molecule has 0 saturated carbocycles. The molecule has 0 N–H and O–H groups in total. The Hall–Kier alpha value is -1.52. The lowest BCUT2D eigenvalue weighted by atomic mass is 10.2. The molecule has 1 aromatic carbocycles. The molecular weight excluding hydrogens is 292 g/mol. The number of rotatable bonds is 4. The van der Waals surface area contributed by atoms with Crippen molar-refractivity contribution in [2.24, 2.45) is 0 Å². The van der Waals surface area contributed by atoms with Crippen LogP contribution in [0.5, 0.6) is 5.75 Å². The van der Waals surface area contributed by atoms with Crippen LogP contribution in [0.15, 0.2) is 29.6 Å². The number of hydrogen-bond acceptors (Lipinski definition) is 3. The van der Waals surface area contributed by atoms with Crippen LogP contribution in [-0.4, -0.2) is 16.7 Å². The van der Waals surface area contributed by atoms with Gasteiger partial charge in [0.05, 0.1) is 30.6 Å². The number of hydrogen-bond donors (Lipinski definition) is 0. The predicted octanol–water partition coefficient (Wildman–Crippen LogP) is 4.20. The first kappa shape index (κ1) is 13.5. The SMILES string of the molecule is COc1ccc2c(c1)nc(CCl)n2Cc1sccc1C. The highest BCUT2D eigenvalue weighted by Crippen LogP contribution is 2.25. The van der Waals surface area contributed by atoms with E-state index in [0.717, 1.165) is 29.2 Å². The molecule has 2 aromatic heterocycles. The van der Waals surface area contributed by atoms with Crippen LogP contribution in [-0.2, 0) is 12.4 Å². The van der Waals surface area contributed by atoms with Crippen molar-refractivity contribution >= 4 is 34.0 Å². The summed E-state index contributed by atoms with van der Waals surface area (Å²) in [5.74, 6) is 2.11. The van der Waals surface area contributed by atoms with Crippen molar-refractivity contribution in [3.05, 3.63) is 45.9 Å². The molecule has 2 heterocycles. The lowest BCUT2D eigenvalue weighted by Crippen LogP contribution is -2.03. The maximum atomic E-state index is 6.05. The number of fused-ring (bicyclic) bond motifs is 1. The van der Waals surface area contributed by atoms with Crippen molar-refractivity contribution in [2.45, 2.75) is 19.3 Å². The quantitative estimate of drug-likeness (QED) is 0.675. The van der Waals surface area contributed by atoms with Gasteiger partial charge in [-0.2, -0.15) is 0 Å². The third kappa shape index (κ3) is 2.30. The van der Waals surface area contributed by atoms with Gasteiger partial charge in [0, 0.05) is 10.9 Å². The Balaban J connectivity index is 2.10. The van der Waals surface area contributed by atoms with Gasteiger partial charge in [-0.25, -0.2) is 4.98 Å². The van der Waals surface area contributed by atoms with E-state index >= 15 is 0 Å². The van der Waals surface area contributed by atoms with Crippen LogP contribution in [0, 0.1) is 6.92 Å². The van der Waals surface area contributed by atoms with Crippen molar-refractivity contribution in [3.8, 4) is 5.75 Å². The molecule has 0 atom stereocenters. The smallest absolute Gasteiger partial charge is 0.125 e. The summed E-state index contributed by atoms with van der Waals surface area (Å²) < 4.78 is 7.43. The summed E-state index contributed by atoms with van der Waals surface area (Å²) in [6, 6.07) is 8.09. The first-order valence-corrected chi connectivity index (χ1v) is 7.76. The van der Waals surface area contributed by atoms with E-state index < -0.39 is 0 Å². The van der Waals surface area contributed by atoms with Gasteiger partial charge in [-0.15, -0.1) is 22.9 Å². The first-order chi connectivity index (χ1) is 9.72. The van der Waals surface area contributed by atoms with Crippen molar-refractivity contribution in [1.82, 2.24) is 9.55 Å². The summed E-state index contributed by atoms with van der Waals surface area (Å²) in [6.45, 7) is 2.95. The largest absolute Gasteiger partial charge is 0.497 e. The second kappa shape index (κ2) is 5.46. The fourth-order valence-corrected chi connectivity index (χ4v) is 3.37. The normalized spacial score (nSPS) is 11.2. The highest BCUT2D eigenvalue weighted by atomic mass is 35.5. The Kier molecular flexibility index (Phi) is 3.68. The minimum Gasteiger partial charge on any atom is -0.497 e. The molecule has 20 heavy (non-hydrogen) atoms. The van der Waals surface area contributed by atoms with Gasteiger partial charge < -0.3 is 9.30 Å². The number of alkyl halides is 1. The van der Waals surface area contributed by atoms with Crippen molar-refractivity contribution in [2.75, 3.05) is 7.11 Å². The molecular formula is C15H15ClN2OS. The van der Waals surface area contributed by atoms with E-state index in [4.69, 9.17) is 16.3 Å². The van der Waals surface area contributed by atoms with Crippen LogP contribution in [0.3, 0.4) is 0 Å². The molecule has 3 rings (SSSR count). The number of methoxy groups -OCH3 is 1. The second-order valence-electron chi connectivity index (χ2n) is 4.63. The van der Waals surface area contributed by atoms with Crippen LogP contribution in [0.25, 0.3) is 11.0 Å². The molecule has 0 aliphatic carbocycles. The van der Waals surface area contributed by atoms with E-state index in [1.54, 1.807) is 18.4 Å². The second-order valence-corrected chi connectivity index (χ2v) is 5.90. The Bertz CT molecular complexity index is 747. The standard InChI is InChI=1S/C15H15ClN2OS/c1-10-5-6-20-14(10)9-18-13-4-3-11(19-2)7-12(13)17-15(18)8-16/h3-7H,8-9H2,1-2H3. The molecule has 0 aliphatic rings. The number of halogens is 1. The van der Waals surface area contributed by atoms with E-state index in [0.29, 0.717) is 5.88 Å². The molecule has 0 radical (unpaired) electrons. The number of nitrogens with zero attached hydrogens (tertiary/aromatic N) is 2. The van der Waals surface area contributed by atoms with Gasteiger partial charge in [-0.05, 0) is 36.1 Å². The molecule has 104 valence electrons. The number of benzene rings is 1. The number of thiophene rings is 1. The Morgan fingerprint density at radius 1 is 1.35 bits per heavy atom. The number of aromatic nitrogens is 2. The number of ether oxygens (including phenoxy) is 1. The summed E-state index contributed by atoms with van der Waals surface area (Å²) in [5.41, 5.74) is 3.33. The van der Waals surface area contributed by atoms with Crippen molar-refractivity contribution < 1.29 is 4.74 Å². The molecule has 3 nitrogen and oxygen atoms in total. The van der Waals surface area contributed by atoms with Gasteiger partial charge in [-0.3, -0.25) is 0 Å². The summed E-state index contributed by atoms with van der Waals surface area (Å²) in [4.78, 5) is 5.94. The highest BCUT2D eigenvalue weighted by molar-refractivity contribution is 7.10. The van der Waals surface area contributed by atoms with Crippen LogP contribution < -0.4 is 4.74 Å². The zero-order valence-corrected chi connectivity index (χ0v) is 13.0. The number of imidazole rings is 1. The monoisotopic (exact) mass is 306 g/mol. The molecule has 3 aromatic rings. The average molecular weight is 307 g/mol. The van der Waals surface area contributed by atoms with Gasteiger partial charge in [0.25, 0.3) is 0 Å². The molecule has 0 aliphatic heterocycles. The Labute approximate surface area is 126 Å². The van der Waals surface area contributed by atoms with Crippen LogP contribution >= 0.6 is 22.9 Å². The van der Waals surface area contributed by atoms with Crippen molar-refractivity contribution in [1.29, 1.82) is 0 Å². The average Bonchev–Trinajstić information content (AvgIpc) is 3.03. The minimum absolute atomic E-state index is 0.404. The lowest BCUT2D eigenvalue weighted by Gasteiger charge is -2.07. The van der Waals surface area contributed by atoms with Crippen LogP contribution in [0.4, 0.5) is 0 Å². The molecule has 0 unspecified atom stereocenters.